The minimum Gasteiger partial charge on any atom is -0.368 e. The highest BCUT2D eigenvalue weighted by atomic mass is 16.2. The van der Waals surface area contributed by atoms with Gasteiger partial charge in [-0.15, -0.1) is 0 Å². The van der Waals surface area contributed by atoms with Gasteiger partial charge in [0.15, 0.2) is 0 Å². The Bertz CT molecular complexity index is 592. The lowest BCUT2D eigenvalue weighted by Crippen LogP contribution is -2.57. The van der Waals surface area contributed by atoms with E-state index in [9.17, 15) is 4.79 Å². The zero-order valence-electron chi connectivity index (χ0n) is 13.4. The summed E-state index contributed by atoms with van der Waals surface area (Å²) in [4.78, 5) is 21.8. The summed E-state index contributed by atoms with van der Waals surface area (Å²) in [6.07, 6.45) is 4.42. The van der Waals surface area contributed by atoms with E-state index in [4.69, 9.17) is 4.99 Å². The largest absolute Gasteiger partial charge is 0.368 e. The lowest BCUT2D eigenvalue weighted by molar-refractivity contribution is -0.125. The minimum absolute atomic E-state index is 0.109. The third-order valence-corrected chi connectivity index (χ3v) is 5.29. The van der Waals surface area contributed by atoms with Gasteiger partial charge in [-0.1, -0.05) is 31.0 Å². The molecule has 0 bridgehead atoms. The molecule has 5 heteroatoms. The molecule has 0 unspecified atom stereocenters. The first kappa shape index (κ1) is 14.5. The maximum atomic E-state index is 12.3. The number of guanidine groups is 1. The third kappa shape index (κ3) is 2.92. The Hall–Kier alpha value is -2.04. The first-order chi connectivity index (χ1) is 11.3. The summed E-state index contributed by atoms with van der Waals surface area (Å²) < 4.78 is 0. The Morgan fingerprint density at radius 3 is 2.43 bits per heavy atom. The van der Waals surface area contributed by atoms with Crippen molar-refractivity contribution in [2.75, 3.05) is 31.1 Å². The summed E-state index contributed by atoms with van der Waals surface area (Å²) >= 11 is 0. The van der Waals surface area contributed by atoms with Gasteiger partial charge in [0.25, 0.3) is 0 Å². The summed E-state index contributed by atoms with van der Waals surface area (Å²) in [5.74, 6) is 1.11. The van der Waals surface area contributed by atoms with Crippen LogP contribution in [0.4, 0.5) is 5.69 Å². The van der Waals surface area contributed by atoms with Gasteiger partial charge in [0.1, 0.15) is 0 Å². The molecule has 0 aromatic heterocycles. The zero-order chi connectivity index (χ0) is 15.6. The molecule has 0 spiro atoms. The monoisotopic (exact) mass is 312 g/mol. The molecule has 122 valence electrons. The highest BCUT2D eigenvalue weighted by Gasteiger charge is 2.36. The van der Waals surface area contributed by atoms with E-state index in [1.165, 1.54) is 12.1 Å². The van der Waals surface area contributed by atoms with Crippen molar-refractivity contribution in [3.63, 3.8) is 0 Å². The number of nitrogens with one attached hydrogen (secondary N) is 1. The summed E-state index contributed by atoms with van der Waals surface area (Å²) in [6.45, 7) is 3.75. The van der Waals surface area contributed by atoms with Crippen molar-refractivity contribution >= 4 is 17.6 Å². The highest BCUT2D eigenvalue weighted by molar-refractivity contribution is 6.00. The Morgan fingerprint density at radius 1 is 0.957 bits per heavy atom. The van der Waals surface area contributed by atoms with Crippen LogP contribution in [0.1, 0.15) is 25.7 Å². The van der Waals surface area contributed by atoms with E-state index in [0.717, 1.165) is 51.4 Å². The first-order valence-electron chi connectivity index (χ1n) is 8.75. The molecule has 5 nitrogen and oxygen atoms in total. The molecule has 1 aromatic carbocycles. The number of benzene rings is 1. The summed E-state index contributed by atoms with van der Waals surface area (Å²) in [5, 5.41) is 3.06. The van der Waals surface area contributed by atoms with Crippen LogP contribution in [0, 0.1) is 5.92 Å². The lowest BCUT2D eigenvalue weighted by Gasteiger charge is -2.40. The molecule has 2 atom stereocenters. The fraction of sp³-hybridized carbons (Fsp3) is 0.556. The van der Waals surface area contributed by atoms with Gasteiger partial charge in [0.05, 0.1) is 12.0 Å². The van der Waals surface area contributed by atoms with E-state index in [1.54, 1.807) is 0 Å². The van der Waals surface area contributed by atoms with Crippen LogP contribution in [0.15, 0.2) is 35.3 Å². The molecule has 23 heavy (non-hydrogen) atoms. The average Bonchev–Trinajstić information content (AvgIpc) is 2.63. The van der Waals surface area contributed by atoms with Crippen LogP contribution in [0.25, 0.3) is 0 Å². The molecular weight excluding hydrogens is 288 g/mol. The second kappa shape index (κ2) is 6.22. The molecule has 0 radical (unpaired) electrons. The Balaban J connectivity index is 1.42. The van der Waals surface area contributed by atoms with Gasteiger partial charge in [-0.05, 0) is 25.0 Å². The Labute approximate surface area is 137 Å². The van der Waals surface area contributed by atoms with Gasteiger partial charge in [-0.3, -0.25) is 10.1 Å². The van der Waals surface area contributed by atoms with Crippen molar-refractivity contribution in [1.29, 1.82) is 0 Å². The third-order valence-electron chi connectivity index (χ3n) is 5.29. The lowest BCUT2D eigenvalue weighted by atomic mass is 9.83. The van der Waals surface area contributed by atoms with Gasteiger partial charge < -0.3 is 9.80 Å². The van der Waals surface area contributed by atoms with Crippen molar-refractivity contribution in [3.05, 3.63) is 30.3 Å². The predicted molar refractivity (Wildman–Crippen MR) is 91.6 cm³/mol. The van der Waals surface area contributed by atoms with Crippen LogP contribution in [-0.2, 0) is 4.79 Å². The van der Waals surface area contributed by atoms with E-state index in [1.807, 2.05) is 6.07 Å². The number of piperazine rings is 1. The molecule has 1 aliphatic carbocycles. The van der Waals surface area contributed by atoms with Crippen molar-refractivity contribution in [2.45, 2.75) is 31.7 Å². The van der Waals surface area contributed by atoms with Gasteiger partial charge in [-0.2, -0.15) is 0 Å². The predicted octanol–water partition coefficient (Wildman–Crippen LogP) is 1.85. The van der Waals surface area contributed by atoms with Crippen LogP contribution in [0.5, 0.6) is 0 Å². The molecular formula is C18H24N4O. The van der Waals surface area contributed by atoms with Crippen molar-refractivity contribution < 1.29 is 4.79 Å². The van der Waals surface area contributed by atoms with Crippen LogP contribution in [-0.4, -0.2) is 49.0 Å². The number of fused-ring (bicyclic) bond motifs is 1. The summed E-state index contributed by atoms with van der Waals surface area (Å²) in [5.41, 5.74) is 1.27. The van der Waals surface area contributed by atoms with Gasteiger partial charge >= 0.3 is 0 Å². The first-order valence-corrected chi connectivity index (χ1v) is 8.75. The number of carbonyl (C=O) groups is 1. The number of anilines is 1. The number of amides is 1. The van der Waals surface area contributed by atoms with Crippen LogP contribution < -0.4 is 10.2 Å². The topological polar surface area (TPSA) is 47.9 Å². The number of rotatable bonds is 1. The fourth-order valence-electron chi connectivity index (χ4n) is 3.94. The van der Waals surface area contributed by atoms with Crippen LogP contribution >= 0.6 is 0 Å². The van der Waals surface area contributed by atoms with E-state index >= 15 is 0 Å². The zero-order valence-corrected chi connectivity index (χ0v) is 13.4. The number of carbonyl (C=O) groups excluding carboxylic acids is 1. The molecule has 1 N–H and O–H groups in total. The molecule has 1 saturated carbocycles. The molecule has 3 aliphatic rings. The van der Waals surface area contributed by atoms with Crippen LogP contribution in [0.2, 0.25) is 0 Å². The van der Waals surface area contributed by atoms with Crippen LogP contribution in [0.3, 0.4) is 0 Å². The van der Waals surface area contributed by atoms with E-state index in [-0.39, 0.29) is 17.9 Å². The second-order valence-corrected chi connectivity index (χ2v) is 6.71. The molecule has 4 rings (SSSR count). The number of hydrogen-bond acceptors (Lipinski definition) is 4. The van der Waals surface area contributed by atoms with Crippen molar-refractivity contribution in [1.82, 2.24) is 10.2 Å². The summed E-state index contributed by atoms with van der Waals surface area (Å²) in [6, 6.07) is 10.7. The molecule has 1 aromatic rings. The van der Waals surface area contributed by atoms with E-state index in [2.05, 4.69) is 39.4 Å². The fourth-order valence-corrected chi connectivity index (χ4v) is 3.94. The van der Waals surface area contributed by atoms with Crippen molar-refractivity contribution in [2.24, 2.45) is 10.9 Å². The maximum Gasteiger partial charge on any atom is 0.231 e. The van der Waals surface area contributed by atoms with Gasteiger partial charge in [0.2, 0.25) is 11.9 Å². The summed E-state index contributed by atoms with van der Waals surface area (Å²) in [7, 11) is 0. The SMILES string of the molecule is O=C1NC(N2CCN(c3ccccc3)CC2)=N[C@H]2CCCC[C@@H]12. The average molecular weight is 312 g/mol. The number of aliphatic imine (C=N–C) groups is 1. The van der Waals surface area contributed by atoms with Gasteiger partial charge in [-0.25, -0.2) is 4.99 Å². The quantitative estimate of drug-likeness (QED) is 0.861. The molecule has 1 amide bonds. The highest BCUT2D eigenvalue weighted by Crippen LogP contribution is 2.29. The van der Waals surface area contributed by atoms with E-state index in [0.29, 0.717) is 0 Å². The minimum atomic E-state index is 0.109. The van der Waals surface area contributed by atoms with Gasteiger partial charge in [0, 0.05) is 31.9 Å². The number of para-hydroxylation sites is 1. The standard InChI is InChI=1S/C18H24N4O/c23-17-15-8-4-5-9-16(15)19-18(20-17)22-12-10-21(11-13-22)14-6-2-1-3-7-14/h1-3,6-7,15-16H,4-5,8-13H2,(H,19,20,23)/t15-,16+/m1/s1. The molecule has 2 fully saturated rings. The van der Waals surface area contributed by atoms with E-state index < -0.39 is 0 Å². The number of nitrogens with zero attached hydrogens (tertiary/aromatic N) is 3. The second-order valence-electron chi connectivity index (χ2n) is 6.71. The smallest absolute Gasteiger partial charge is 0.231 e. The Morgan fingerprint density at radius 2 is 1.65 bits per heavy atom. The molecule has 2 heterocycles. The van der Waals surface area contributed by atoms with Crippen molar-refractivity contribution in [3.8, 4) is 0 Å². The molecule has 2 aliphatic heterocycles. The Kier molecular flexibility index (Phi) is 3.93. The normalized spacial score (nSPS) is 28.0. The molecule has 1 saturated heterocycles. The number of hydrogen-bond donors (Lipinski definition) is 1. The maximum absolute atomic E-state index is 12.3.